The third-order valence-corrected chi connectivity index (χ3v) is 4.56. The van der Waals surface area contributed by atoms with Gasteiger partial charge in [0.05, 0.1) is 6.61 Å². The van der Waals surface area contributed by atoms with Crippen molar-refractivity contribution in [3.05, 3.63) is 69.0 Å². The van der Waals surface area contributed by atoms with Gasteiger partial charge < -0.3 is 14.8 Å². The number of carbonyl (C=O) groups excluding carboxylic acids is 2. The van der Waals surface area contributed by atoms with Crippen LogP contribution in [0.15, 0.2) is 48.5 Å². The number of nitrogens with one attached hydrogen (secondary N) is 1. The molecule has 2 aromatic rings. The second kappa shape index (κ2) is 10.1. The third kappa shape index (κ3) is 5.98. The van der Waals surface area contributed by atoms with Crippen molar-refractivity contribution in [2.24, 2.45) is 0 Å². The van der Waals surface area contributed by atoms with Gasteiger partial charge in [-0.05, 0) is 47.2 Å². The molecule has 0 heterocycles. The number of esters is 1. The Morgan fingerprint density at radius 2 is 1.85 bits per heavy atom. The summed E-state index contributed by atoms with van der Waals surface area (Å²) >= 11 is 1.99. The van der Waals surface area contributed by atoms with Gasteiger partial charge in [0.2, 0.25) is 0 Å². The van der Waals surface area contributed by atoms with E-state index in [1.807, 2.05) is 52.9 Å². The lowest BCUT2D eigenvalue weighted by atomic mass is 10.1. The predicted molar refractivity (Wildman–Crippen MR) is 103 cm³/mol. The van der Waals surface area contributed by atoms with E-state index in [9.17, 15) is 14.0 Å². The van der Waals surface area contributed by atoms with Crippen molar-refractivity contribution in [1.82, 2.24) is 5.32 Å². The van der Waals surface area contributed by atoms with Gasteiger partial charge in [0.1, 0.15) is 18.5 Å². The van der Waals surface area contributed by atoms with Crippen LogP contribution in [-0.4, -0.2) is 24.7 Å². The Bertz CT molecular complexity index is 734. The molecule has 0 aromatic heterocycles. The lowest BCUT2D eigenvalue weighted by Gasteiger charge is -2.18. The first-order chi connectivity index (χ1) is 12.5. The van der Waals surface area contributed by atoms with E-state index in [4.69, 9.17) is 9.47 Å². The average Bonchev–Trinajstić information content (AvgIpc) is 2.63. The van der Waals surface area contributed by atoms with Crippen LogP contribution >= 0.6 is 22.6 Å². The average molecular weight is 471 g/mol. The number of halogens is 2. The lowest BCUT2D eigenvalue weighted by molar-refractivity contribution is -0.145. The molecule has 5 nitrogen and oxygen atoms in total. The summed E-state index contributed by atoms with van der Waals surface area (Å²) in [7, 11) is 0. The maximum Gasteiger partial charge on any atom is 0.408 e. The molecule has 138 valence electrons. The second-order valence-electron chi connectivity index (χ2n) is 5.42. The molecule has 0 aliphatic heterocycles. The summed E-state index contributed by atoms with van der Waals surface area (Å²) in [5.74, 6) is -1.08. The van der Waals surface area contributed by atoms with Gasteiger partial charge in [-0.2, -0.15) is 0 Å². The van der Waals surface area contributed by atoms with Crippen LogP contribution in [-0.2, 0) is 27.3 Å². The number of benzene rings is 2. The minimum Gasteiger partial charge on any atom is -0.464 e. The van der Waals surface area contributed by atoms with Gasteiger partial charge in [-0.1, -0.05) is 36.4 Å². The van der Waals surface area contributed by atoms with E-state index >= 15 is 0 Å². The summed E-state index contributed by atoms with van der Waals surface area (Å²) in [6.45, 7) is 1.89. The summed E-state index contributed by atoms with van der Waals surface area (Å²) in [5, 5.41) is 2.47. The van der Waals surface area contributed by atoms with Gasteiger partial charge in [-0.15, -0.1) is 0 Å². The van der Waals surface area contributed by atoms with Crippen LogP contribution in [0.5, 0.6) is 0 Å². The molecular weight excluding hydrogens is 452 g/mol. The molecule has 0 aliphatic rings. The Kier molecular flexibility index (Phi) is 7.83. The Balaban J connectivity index is 2.04. The van der Waals surface area contributed by atoms with E-state index in [0.717, 1.165) is 5.56 Å². The topological polar surface area (TPSA) is 64.6 Å². The summed E-state index contributed by atoms with van der Waals surface area (Å²) in [6.07, 6.45) is -0.789. The summed E-state index contributed by atoms with van der Waals surface area (Å²) in [5.41, 5.74) is 1.16. The molecule has 0 bridgehead atoms. The van der Waals surface area contributed by atoms with Crippen LogP contribution < -0.4 is 5.32 Å². The van der Waals surface area contributed by atoms with Crippen molar-refractivity contribution < 1.29 is 23.5 Å². The van der Waals surface area contributed by atoms with Crippen molar-refractivity contribution in [3.8, 4) is 0 Å². The van der Waals surface area contributed by atoms with Crippen LogP contribution in [0.1, 0.15) is 18.1 Å². The molecule has 0 saturated heterocycles. The molecule has 7 heteroatoms. The first kappa shape index (κ1) is 20.2. The maximum atomic E-state index is 14.1. The minimum atomic E-state index is -1.04. The molecule has 0 saturated carbocycles. The Labute approximate surface area is 165 Å². The molecule has 0 fully saturated rings. The zero-order valence-electron chi connectivity index (χ0n) is 14.2. The number of alkyl carbamates (subject to hydrolysis) is 1. The number of carbonyl (C=O) groups is 2. The molecule has 0 radical (unpaired) electrons. The van der Waals surface area contributed by atoms with Crippen LogP contribution in [0.3, 0.4) is 0 Å². The van der Waals surface area contributed by atoms with Crippen molar-refractivity contribution in [2.75, 3.05) is 6.61 Å². The van der Waals surface area contributed by atoms with Crippen LogP contribution in [0.4, 0.5) is 9.18 Å². The molecule has 1 atom stereocenters. The third-order valence-electron chi connectivity index (χ3n) is 3.55. The maximum absolute atomic E-state index is 14.1. The fourth-order valence-electron chi connectivity index (χ4n) is 2.27. The van der Waals surface area contributed by atoms with Gasteiger partial charge in [-0.25, -0.2) is 14.0 Å². The van der Waals surface area contributed by atoms with E-state index in [2.05, 4.69) is 5.32 Å². The molecule has 2 rings (SSSR count). The Hall–Kier alpha value is -2.16. The Morgan fingerprint density at radius 1 is 1.12 bits per heavy atom. The second-order valence-corrected chi connectivity index (χ2v) is 6.58. The molecule has 1 N–H and O–H groups in total. The monoisotopic (exact) mass is 471 g/mol. The molecule has 0 spiro atoms. The highest BCUT2D eigenvalue weighted by Crippen LogP contribution is 2.18. The molecule has 1 unspecified atom stereocenters. The number of hydrogen-bond acceptors (Lipinski definition) is 4. The SMILES string of the molecule is CCOC(=O)C(Cc1c(F)cccc1I)NC(=O)OCc1ccccc1. The van der Waals surface area contributed by atoms with E-state index in [-0.39, 0.29) is 19.6 Å². The van der Waals surface area contributed by atoms with Crippen molar-refractivity contribution in [3.63, 3.8) is 0 Å². The first-order valence-corrected chi connectivity index (χ1v) is 9.16. The summed E-state index contributed by atoms with van der Waals surface area (Å²) in [4.78, 5) is 24.2. The highest BCUT2D eigenvalue weighted by atomic mass is 127. The molecule has 26 heavy (non-hydrogen) atoms. The van der Waals surface area contributed by atoms with Crippen LogP contribution in [0.2, 0.25) is 0 Å². The minimum absolute atomic E-state index is 0.0236. The summed E-state index contributed by atoms with van der Waals surface area (Å²) in [6, 6.07) is 12.7. The van der Waals surface area contributed by atoms with E-state index < -0.39 is 23.9 Å². The fraction of sp³-hybridized carbons (Fsp3) is 0.263. The number of ether oxygens (including phenoxy) is 2. The smallest absolute Gasteiger partial charge is 0.408 e. The first-order valence-electron chi connectivity index (χ1n) is 8.08. The van der Waals surface area contributed by atoms with Gasteiger partial charge in [0.25, 0.3) is 0 Å². The molecule has 0 aliphatic carbocycles. The largest absolute Gasteiger partial charge is 0.464 e. The van der Waals surface area contributed by atoms with Crippen LogP contribution in [0, 0.1) is 9.39 Å². The van der Waals surface area contributed by atoms with Crippen molar-refractivity contribution in [1.29, 1.82) is 0 Å². The molecule has 2 aromatic carbocycles. The number of amides is 1. The summed E-state index contributed by atoms with van der Waals surface area (Å²) < 4.78 is 24.8. The molecule has 1 amide bonds. The zero-order chi connectivity index (χ0) is 18.9. The van der Waals surface area contributed by atoms with E-state index in [0.29, 0.717) is 9.13 Å². The lowest BCUT2D eigenvalue weighted by Crippen LogP contribution is -2.43. The zero-order valence-corrected chi connectivity index (χ0v) is 16.4. The van der Waals surface area contributed by atoms with Crippen molar-refractivity contribution in [2.45, 2.75) is 26.0 Å². The predicted octanol–water partition coefficient (Wildman–Crippen LogP) is 3.83. The van der Waals surface area contributed by atoms with Gasteiger partial charge in [0, 0.05) is 15.6 Å². The molecular formula is C19H19FINO4. The number of hydrogen-bond donors (Lipinski definition) is 1. The van der Waals surface area contributed by atoms with Gasteiger partial charge >= 0.3 is 12.1 Å². The van der Waals surface area contributed by atoms with Gasteiger partial charge in [0.15, 0.2) is 0 Å². The number of rotatable bonds is 7. The highest BCUT2D eigenvalue weighted by molar-refractivity contribution is 14.1. The Morgan fingerprint density at radius 3 is 2.50 bits per heavy atom. The standard InChI is InChI=1S/C19H19FINO4/c1-2-25-18(23)17(11-14-15(20)9-6-10-16(14)21)22-19(24)26-12-13-7-4-3-5-8-13/h3-10,17H,2,11-12H2,1H3,(H,22,24). The normalized spacial score (nSPS) is 11.5. The van der Waals surface area contributed by atoms with E-state index in [1.54, 1.807) is 19.1 Å². The quantitative estimate of drug-likeness (QED) is 0.493. The highest BCUT2D eigenvalue weighted by Gasteiger charge is 2.25. The fourth-order valence-corrected chi connectivity index (χ4v) is 2.96. The van der Waals surface area contributed by atoms with Gasteiger partial charge in [-0.3, -0.25) is 0 Å². The van der Waals surface area contributed by atoms with E-state index in [1.165, 1.54) is 6.07 Å². The van der Waals surface area contributed by atoms with Crippen molar-refractivity contribution >= 4 is 34.7 Å². The van der Waals surface area contributed by atoms with Crippen LogP contribution in [0.25, 0.3) is 0 Å².